The number of para-hydroxylation sites is 1. The standard InChI is InChI=1S/C36H36F3N9O4/c1-45-32-24(4-2-6-27(32)48(35(45)52)28-8-9-31(49)43-34(28)51)21-10-12-46(13-11-21)18-20-14-23(15-20)47-19-22-16-30(40-17-26(22)44-47)42-33(50)25-5-3-7-29(41-25)36(37,38)39/h2-7,16-17,19-21,23,28H,8-15,18H2,1H3,(H,42,50)(H,43,49,51)/t20-,23-,28?. The van der Waals surface area contributed by atoms with Crippen LogP contribution in [0.3, 0.4) is 0 Å². The molecule has 3 fully saturated rings. The van der Waals surface area contributed by atoms with Crippen molar-refractivity contribution in [3.05, 3.63) is 82.3 Å². The maximum Gasteiger partial charge on any atom is 0.433 e. The Balaban J connectivity index is 0.865. The number of pyridine rings is 2. The predicted octanol–water partition coefficient (Wildman–Crippen LogP) is 4.56. The van der Waals surface area contributed by atoms with Crippen LogP contribution in [0.5, 0.6) is 0 Å². The molecule has 0 bridgehead atoms. The van der Waals surface area contributed by atoms with Gasteiger partial charge in [-0.25, -0.2) is 14.8 Å². The summed E-state index contributed by atoms with van der Waals surface area (Å²) in [6.45, 7) is 2.86. The summed E-state index contributed by atoms with van der Waals surface area (Å²) < 4.78 is 44.2. The number of halogens is 3. The number of benzene rings is 1. The second kappa shape index (κ2) is 13.0. The topological polar surface area (TPSA) is 149 Å². The minimum absolute atomic E-state index is 0.191. The lowest BCUT2D eigenvalue weighted by atomic mass is 9.79. The van der Waals surface area contributed by atoms with Crippen LogP contribution in [0.25, 0.3) is 21.9 Å². The summed E-state index contributed by atoms with van der Waals surface area (Å²) in [6, 6.07) is 10.2. The Hall–Kier alpha value is -5.38. The van der Waals surface area contributed by atoms with Gasteiger partial charge < -0.3 is 10.2 Å². The molecule has 2 N–H and O–H groups in total. The molecule has 2 aliphatic heterocycles. The average molecular weight is 716 g/mol. The van der Waals surface area contributed by atoms with E-state index in [1.54, 1.807) is 22.2 Å². The van der Waals surface area contributed by atoms with Crippen molar-refractivity contribution in [1.82, 2.24) is 39.1 Å². The Morgan fingerprint density at radius 2 is 1.81 bits per heavy atom. The number of imide groups is 1. The minimum atomic E-state index is -4.66. The van der Waals surface area contributed by atoms with Gasteiger partial charge in [-0.1, -0.05) is 18.2 Å². The highest BCUT2D eigenvalue weighted by Crippen LogP contribution is 2.40. The largest absolute Gasteiger partial charge is 0.433 e. The van der Waals surface area contributed by atoms with Crippen LogP contribution in [0.4, 0.5) is 19.0 Å². The summed E-state index contributed by atoms with van der Waals surface area (Å²) in [4.78, 5) is 60.5. The van der Waals surface area contributed by atoms with Crippen molar-refractivity contribution < 1.29 is 27.6 Å². The first kappa shape index (κ1) is 33.7. The number of piperidine rings is 2. The van der Waals surface area contributed by atoms with E-state index in [1.165, 1.54) is 12.3 Å². The van der Waals surface area contributed by atoms with Crippen molar-refractivity contribution in [2.24, 2.45) is 13.0 Å². The van der Waals surface area contributed by atoms with Gasteiger partial charge in [0.25, 0.3) is 5.91 Å². The summed E-state index contributed by atoms with van der Waals surface area (Å²) in [5.74, 6) is -0.550. The quantitative estimate of drug-likeness (QED) is 0.233. The van der Waals surface area contributed by atoms with Crippen LogP contribution >= 0.6 is 0 Å². The molecule has 0 spiro atoms. The third-order valence-corrected chi connectivity index (χ3v) is 10.7. The fraction of sp³-hybridized carbons (Fsp3) is 0.417. The number of amides is 3. The number of hydrogen-bond acceptors (Lipinski definition) is 8. The smallest absolute Gasteiger partial charge is 0.305 e. The van der Waals surface area contributed by atoms with E-state index in [4.69, 9.17) is 0 Å². The van der Waals surface area contributed by atoms with Crippen LogP contribution in [0.15, 0.2) is 59.7 Å². The molecule has 1 aliphatic carbocycles. The highest BCUT2D eigenvalue weighted by atomic mass is 19.4. The molecule has 13 nitrogen and oxygen atoms in total. The fourth-order valence-electron chi connectivity index (χ4n) is 7.99. The maximum atomic E-state index is 13.4. The van der Waals surface area contributed by atoms with E-state index in [9.17, 15) is 32.3 Å². The molecular formula is C36H36F3N9O4. The zero-order valence-electron chi connectivity index (χ0n) is 28.3. The number of nitrogens with one attached hydrogen (secondary N) is 2. The molecule has 1 saturated carbocycles. The number of imidazole rings is 1. The Kier molecular flexibility index (Phi) is 8.43. The van der Waals surface area contributed by atoms with Gasteiger partial charge in [-0.05, 0) is 86.9 Å². The molecule has 1 atom stereocenters. The van der Waals surface area contributed by atoms with Gasteiger partial charge in [0, 0.05) is 31.6 Å². The number of aryl methyl sites for hydroxylation is 1. The van der Waals surface area contributed by atoms with Gasteiger partial charge in [0.1, 0.15) is 28.8 Å². The maximum absolute atomic E-state index is 13.4. The van der Waals surface area contributed by atoms with E-state index in [-0.39, 0.29) is 41.5 Å². The van der Waals surface area contributed by atoms with Crippen LogP contribution < -0.4 is 16.3 Å². The first-order valence-electron chi connectivity index (χ1n) is 17.4. The molecule has 8 rings (SSSR count). The van der Waals surface area contributed by atoms with Gasteiger partial charge >= 0.3 is 11.9 Å². The Bertz CT molecular complexity index is 2280. The van der Waals surface area contributed by atoms with Crippen molar-refractivity contribution in [2.45, 2.75) is 62.7 Å². The number of anilines is 1. The Morgan fingerprint density at radius 3 is 2.56 bits per heavy atom. The molecule has 3 amide bonds. The van der Waals surface area contributed by atoms with Crippen molar-refractivity contribution in [2.75, 3.05) is 25.0 Å². The minimum Gasteiger partial charge on any atom is -0.305 e. The number of nitrogens with zero attached hydrogens (tertiary/aromatic N) is 7. The van der Waals surface area contributed by atoms with Crippen LogP contribution in [-0.4, -0.2) is 71.1 Å². The van der Waals surface area contributed by atoms with Crippen LogP contribution in [0, 0.1) is 5.92 Å². The number of alkyl halides is 3. The molecule has 16 heteroatoms. The van der Waals surface area contributed by atoms with Crippen molar-refractivity contribution in [1.29, 1.82) is 0 Å². The molecular weight excluding hydrogens is 679 g/mol. The van der Waals surface area contributed by atoms with Gasteiger partial charge in [0.05, 0.1) is 23.3 Å². The van der Waals surface area contributed by atoms with E-state index in [1.807, 2.05) is 23.0 Å². The average Bonchev–Trinajstić information content (AvgIpc) is 3.63. The van der Waals surface area contributed by atoms with Crippen LogP contribution in [-0.2, 0) is 22.8 Å². The summed E-state index contributed by atoms with van der Waals surface area (Å²) in [7, 11) is 1.75. The zero-order chi connectivity index (χ0) is 36.3. The third kappa shape index (κ3) is 6.24. The van der Waals surface area contributed by atoms with Crippen molar-refractivity contribution in [3.8, 4) is 0 Å². The predicted molar refractivity (Wildman–Crippen MR) is 183 cm³/mol. The lowest BCUT2D eigenvalue weighted by Crippen LogP contribution is -2.44. The second-order valence-electron chi connectivity index (χ2n) is 14.1. The molecule has 52 heavy (non-hydrogen) atoms. The number of hydrogen-bond donors (Lipinski definition) is 2. The van der Waals surface area contributed by atoms with Crippen molar-refractivity contribution in [3.63, 3.8) is 0 Å². The molecule has 5 aromatic rings. The fourth-order valence-corrected chi connectivity index (χ4v) is 7.99. The summed E-state index contributed by atoms with van der Waals surface area (Å²) in [5.41, 5.74) is 1.58. The number of fused-ring (bicyclic) bond motifs is 2. The molecule has 4 aromatic heterocycles. The summed E-state index contributed by atoms with van der Waals surface area (Å²) in [5, 5.41) is 10.3. The van der Waals surface area contributed by atoms with E-state index in [0.29, 0.717) is 17.9 Å². The Morgan fingerprint density at radius 1 is 1.04 bits per heavy atom. The number of likely N-dealkylation sites (tertiary alicyclic amines) is 1. The number of rotatable bonds is 7. The van der Waals surface area contributed by atoms with Crippen molar-refractivity contribution >= 4 is 45.5 Å². The molecule has 270 valence electrons. The van der Waals surface area contributed by atoms with Crippen LogP contribution in [0.1, 0.15) is 78.3 Å². The van der Waals surface area contributed by atoms with Gasteiger partial charge in [-0.15, -0.1) is 0 Å². The molecule has 1 aromatic carbocycles. The normalized spacial score (nSPS) is 21.7. The molecule has 3 aliphatic rings. The van der Waals surface area contributed by atoms with Gasteiger partial charge in [0.15, 0.2) is 0 Å². The zero-order valence-corrected chi connectivity index (χ0v) is 28.3. The SMILES string of the molecule is Cn1c(=O)n(C2CCC(=O)NC2=O)c2cccc(C3CCN(C[C@H]4C[C@H](n5cc6cc(NC(=O)c7cccc(C(F)(F)F)n7)ncc6n5)C4)CC3)c21. The van der Waals surface area contributed by atoms with Crippen LogP contribution in [0.2, 0.25) is 0 Å². The third-order valence-electron chi connectivity index (χ3n) is 10.7. The summed E-state index contributed by atoms with van der Waals surface area (Å²) in [6.07, 6.45) is 3.13. The van der Waals surface area contributed by atoms with E-state index >= 15 is 0 Å². The number of carbonyl (C=O) groups is 3. The lowest BCUT2D eigenvalue weighted by molar-refractivity contribution is -0.141. The highest BCUT2D eigenvalue weighted by molar-refractivity contribution is 6.03. The van der Waals surface area contributed by atoms with E-state index in [2.05, 4.69) is 36.7 Å². The molecule has 0 radical (unpaired) electrons. The first-order valence-corrected chi connectivity index (χ1v) is 17.4. The summed E-state index contributed by atoms with van der Waals surface area (Å²) >= 11 is 0. The lowest BCUT2D eigenvalue weighted by Gasteiger charge is -2.41. The number of carbonyl (C=O) groups excluding carboxylic acids is 3. The van der Waals surface area contributed by atoms with E-state index in [0.717, 1.165) is 79.4 Å². The Labute approximate surface area is 294 Å². The monoisotopic (exact) mass is 715 g/mol. The van der Waals surface area contributed by atoms with Gasteiger partial charge in [-0.2, -0.15) is 18.3 Å². The van der Waals surface area contributed by atoms with Gasteiger partial charge in [-0.3, -0.25) is 33.5 Å². The highest BCUT2D eigenvalue weighted by Gasteiger charge is 2.36. The molecule has 2 saturated heterocycles. The molecule has 1 unspecified atom stereocenters. The van der Waals surface area contributed by atoms with E-state index < -0.39 is 29.7 Å². The number of aromatic nitrogens is 6. The first-order chi connectivity index (χ1) is 24.9. The molecule has 6 heterocycles. The second-order valence-corrected chi connectivity index (χ2v) is 14.1. The van der Waals surface area contributed by atoms with Gasteiger partial charge in [0.2, 0.25) is 11.8 Å².